The molecule has 0 spiro atoms. The van der Waals surface area contributed by atoms with Crippen LogP contribution >= 0.6 is 0 Å². The highest BCUT2D eigenvalue weighted by atomic mass is 15.4. The van der Waals surface area contributed by atoms with Crippen molar-refractivity contribution in [3.8, 4) is 11.4 Å². The van der Waals surface area contributed by atoms with Crippen LogP contribution in [0, 0.1) is 0 Å². The Labute approximate surface area is 161 Å². The lowest BCUT2D eigenvalue weighted by Crippen LogP contribution is -2.36. The van der Waals surface area contributed by atoms with Crippen molar-refractivity contribution in [2.24, 2.45) is 0 Å². The predicted molar refractivity (Wildman–Crippen MR) is 104 cm³/mol. The molecule has 6 rings (SSSR count). The first-order valence-corrected chi connectivity index (χ1v) is 9.80. The topological polar surface area (TPSA) is 77.0 Å². The number of aromatic nitrogens is 7. The average molecular weight is 372 g/mol. The number of hydrogen-bond acceptors (Lipinski definition) is 6. The minimum absolute atomic E-state index is 0.559. The third kappa shape index (κ3) is 2.41. The molecule has 8 nitrogen and oxygen atoms in total. The molecule has 140 valence electrons. The molecule has 1 aliphatic heterocycles. The largest absolute Gasteiger partial charge is 0.346 e. The monoisotopic (exact) mass is 372 g/mol. The second-order valence-electron chi connectivity index (χ2n) is 7.53. The summed E-state index contributed by atoms with van der Waals surface area (Å²) in [4.78, 5) is 6.73. The Balaban J connectivity index is 1.49. The second kappa shape index (κ2) is 6.12. The van der Waals surface area contributed by atoms with E-state index in [9.17, 15) is 0 Å². The number of hydrogen-bond donors (Lipinski definition) is 0. The summed E-state index contributed by atoms with van der Waals surface area (Å²) in [6.45, 7) is 2.42. The van der Waals surface area contributed by atoms with Gasteiger partial charge in [0.25, 0.3) is 0 Å². The second-order valence-corrected chi connectivity index (χ2v) is 7.53. The first-order valence-electron chi connectivity index (χ1n) is 9.80. The van der Waals surface area contributed by atoms with Crippen LogP contribution in [-0.2, 0) is 13.1 Å². The van der Waals surface area contributed by atoms with Crippen molar-refractivity contribution in [2.45, 2.75) is 38.3 Å². The molecule has 4 heterocycles. The maximum atomic E-state index is 5.06. The van der Waals surface area contributed by atoms with E-state index in [-0.39, 0.29) is 0 Å². The van der Waals surface area contributed by atoms with E-state index >= 15 is 0 Å². The minimum atomic E-state index is 0.559. The van der Waals surface area contributed by atoms with Crippen molar-refractivity contribution in [3.05, 3.63) is 54.1 Å². The van der Waals surface area contributed by atoms with Crippen molar-refractivity contribution in [3.63, 3.8) is 0 Å². The Kier molecular flexibility index (Phi) is 3.44. The molecule has 0 radical (unpaired) electrons. The highest BCUT2D eigenvalue weighted by Crippen LogP contribution is 2.41. The van der Waals surface area contributed by atoms with Crippen molar-refractivity contribution in [1.29, 1.82) is 0 Å². The molecule has 0 bridgehead atoms. The molecule has 1 fully saturated rings. The molecule has 1 saturated carbocycles. The van der Waals surface area contributed by atoms with E-state index in [4.69, 9.17) is 5.10 Å². The Morgan fingerprint density at radius 2 is 1.89 bits per heavy atom. The zero-order chi connectivity index (χ0) is 18.5. The summed E-state index contributed by atoms with van der Waals surface area (Å²) in [5, 5.41) is 18.2. The molecule has 0 N–H and O–H groups in total. The van der Waals surface area contributed by atoms with Gasteiger partial charge in [-0.3, -0.25) is 0 Å². The van der Waals surface area contributed by atoms with Gasteiger partial charge in [0.2, 0.25) is 0 Å². The van der Waals surface area contributed by atoms with Crippen molar-refractivity contribution in [1.82, 2.24) is 34.6 Å². The van der Waals surface area contributed by atoms with Gasteiger partial charge in [-0.05, 0) is 24.8 Å². The number of nitrogens with zero attached hydrogens (tertiary/aromatic N) is 8. The van der Waals surface area contributed by atoms with Crippen LogP contribution in [0.3, 0.4) is 0 Å². The van der Waals surface area contributed by atoms with Gasteiger partial charge >= 0.3 is 0 Å². The van der Waals surface area contributed by atoms with Gasteiger partial charge in [0.1, 0.15) is 12.2 Å². The molecule has 1 aromatic carbocycles. The number of benzene rings is 1. The SMILES string of the molecule is c1ccc(-c2nnc3cc(C4CCC4)c(N4CCn5ncnc5C4)nn23)cc1. The Hall–Kier alpha value is -3.29. The van der Waals surface area contributed by atoms with E-state index in [1.807, 2.05) is 39.5 Å². The average Bonchev–Trinajstić information content (AvgIpc) is 3.32. The molecule has 8 heteroatoms. The first kappa shape index (κ1) is 15.7. The van der Waals surface area contributed by atoms with Crippen molar-refractivity contribution < 1.29 is 0 Å². The van der Waals surface area contributed by atoms with E-state index in [0.717, 1.165) is 48.3 Å². The van der Waals surface area contributed by atoms with Crippen molar-refractivity contribution in [2.75, 3.05) is 11.4 Å². The number of rotatable bonds is 3. The van der Waals surface area contributed by atoms with E-state index in [1.54, 1.807) is 6.33 Å². The highest BCUT2D eigenvalue weighted by molar-refractivity contribution is 5.62. The fourth-order valence-electron chi connectivity index (χ4n) is 4.11. The van der Waals surface area contributed by atoms with Crippen LogP contribution in [-0.4, -0.2) is 41.1 Å². The lowest BCUT2D eigenvalue weighted by Gasteiger charge is -2.33. The third-order valence-corrected chi connectivity index (χ3v) is 5.89. The fourth-order valence-corrected chi connectivity index (χ4v) is 4.11. The molecule has 4 aromatic rings. The van der Waals surface area contributed by atoms with Crippen LogP contribution in [0.1, 0.15) is 36.6 Å². The van der Waals surface area contributed by atoms with Crippen LogP contribution in [0.2, 0.25) is 0 Å². The molecule has 0 atom stereocenters. The standard InChI is InChI=1S/C20H20N8/c1-2-5-15(6-3-1)19-24-23-17-11-16(14-7-4-8-14)20(25-28(17)19)26-9-10-27-18(12-26)21-13-22-27/h1-3,5-6,11,13-14H,4,7-10,12H2. The number of fused-ring (bicyclic) bond motifs is 2. The van der Waals surface area contributed by atoms with Gasteiger partial charge in [0, 0.05) is 17.7 Å². The summed E-state index contributed by atoms with van der Waals surface area (Å²) in [5.74, 6) is 3.35. The zero-order valence-electron chi connectivity index (χ0n) is 15.4. The summed E-state index contributed by atoms with van der Waals surface area (Å²) in [6, 6.07) is 12.3. The molecular weight excluding hydrogens is 352 g/mol. The number of anilines is 1. The maximum Gasteiger partial charge on any atom is 0.185 e. The Morgan fingerprint density at radius 1 is 1.00 bits per heavy atom. The minimum Gasteiger partial charge on any atom is -0.346 e. The summed E-state index contributed by atoms with van der Waals surface area (Å²) in [5.41, 5.74) is 3.12. The predicted octanol–water partition coefficient (Wildman–Crippen LogP) is 2.67. The van der Waals surface area contributed by atoms with Gasteiger partial charge < -0.3 is 4.90 Å². The van der Waals surface area contributed by atoms with E-state index < -0.39 is 0 Å². The van der Waals surface area contributed by atoms with Crippen LogP contribution in [0.5, 0.6) is 0 Å². The molecule has 0 amide bonds. The molecular formula is C20H20N8. The molecule has 1 aliphatic carbocycles. The lowest BCUT2D eigenvalue weighted by atomic mass is 9.80. The molecule has 0 unspecified atom stereocenters. The highest BCUT2D eigenvalue weighted by Gasteiger charge is 2.29. The molecule has 3 aromatic heterocycles. The van der Waals surface area contributed by atoms with E-state index in [0.29, 0.717) is 5.92 Å². The van der Waals surface area contributed by atoms with Crippen LogP contribution < -0.4 is 4.90 Å². The Bertz CT molecular complexity index is 1140. The quantitative estimate of drug-likeness (QED) is 0.550. The first-order chi connectivity index (χ1) is 13.9. The van der Waals surface area contributed by atoms with Crippen LogP contribution in [0.15, 0.2) is 42.7 Å². The summed E-state index contributed by atoms with van der Waals surface area (Å²) >= 11 is 0. The zero-order valence-corrected chi connectivity index (χ0v) is 15.4. The van der Waals surface area contributed by atoms with Gasteiger partial charge in [0.05, 0.1) is 13.1 Å². The van der Waals surface area contributed by atoms with Gasteiger partial charge in [-0.2, -0.15) is 9.61 Å². The maximum absolute atomic E-state index is 5.06. The van der Waals surface area contributed by atoms with Gasteiger partial charge in [-0.15, -0.1) is 15.3 Å². The normalized spacial score (nSPS) is 16.9. The summed E-state index contributed by atoms with van der Waals surface area (Å²) in [6.07, 6.45) is 5.35. The fraction of sp³-hybridized carbons (Fsp3) is 0.350. The summed E-state index contributed by atoms with van der Waals surface area (Å²) in [7, 11) is 0. The summed E-state index contributed by atoms with van der Waals surface area (Å²) < 4.78 is 3.86. The molecule has 2 aliphatic rings. The lowest BCUT2D eigenvalue weighted by molar-refractivity contribution is 0.416. The molecule has 0 saturated heterocycles. The third-order valence-electron chi connectivity index (χ3n) is 5.89. The van der Waals surface area contributed by atoms with Gasteiger partial charge in [-0.1, -0.05) is 36.8 Å². The van der Waals surface area contributed by atoms with E-state index in [2.05, 4.69) is 31.2 Å². The molecule has 28 heavy (non-hydrogen) atoms. The smallest absolute Gasteiger partial charge is 0.185 e. The van der Waals surface area contributed by atoms with Crippen LogP contribution in [0.25, 0.3) is 17.0 Å². The van der Waals surface area contributed by atoms with Crippen LogP contribution in [0.4, 0.5) is 5.82 Å². The van der Waals surface area contributed by atoms with Gasteiger partial charge in [-0.25, -0.2) is 9.67 Å². The van der Waals surface area contributed by atoms with Gasteiger partial charge in [0.15, 0.2) is 17.3 Å². The van der Waals surface area contributed by atoms with E-state index in [1.165, 1.54) is 24.8 Å². The Morgan fingerprint density at radius 3 is 2.71 bits per heavy atom. The van der Waals surface area contributed by atoms with Crippen molar-refractivity contribution >= 4 is 11.5 Å².